The van der Waals surface area contributed by atoms with Crippen LogP contribution < -0.4 is 0 Å². The van der Waals surface area contributed by atoms with Crippen molar-refractivity contribution in [3.8, 4) is 6.07 Å². The highest BCUT2D eigenvalue weighted by Gasteiger charge is 2.14. The summed E-state index contributed by atoms with van der Waals surface area (Å²) in [4.78, 5) is 11.8. The lowest BCUT2D eigenvalue weighted by Gasteiger charge is -2.01. The van der Waals surface area contributed by atoms with Gasteiger partial charge in [0.25, 0.3) is 5.69 Å². The van der Waals surface area contributed by atoms with Crippen molar-refractivity contribution in [2.45, 2.75) is 16.7 Å². The van der Waals surface area contributed by atoms with Gasteiger partial charge in [-0.25, -0.2) is 0 Å². The molecule has 0 aliphatic heterocycles. The van der Waals surface area contributed by atoms with Crippen LogP contribution in [0.15, 0.2) is 44.7 Å². The highest BCUT2D eigenvalue weighted by atomic mass is 32.2. The molecule has 0 amide bonds. The van der Waals surface area contributed by atoms with Gasteiger partial charge < -0.3 is 4.42 Å². The van der Waals surface area contributed by atoms with Crippen molar-refractivity contribution in [1.29, 1.82) is 5.26 Å². The van der Waals surface area contributed by atoms with Gasteiger partial charge in [0.15, 0.2) is 0 Å². The van der Waals surface area contributed by atoms with E-state index in [0.29, 0.717) is 0 Å². The number of nitrogens with zero attached hydrogens (tertiary/aromatic N) is 2. The molecule has 0 fully saturated rings. The molecule has 5 nitrogen and oxygen atoms in total. The Morgan fingerprint density at radius 1 is 1.44 bits per heavy atom. The van der Waals surface area contributed by atoms with Crippen molar-refractivity contribution in [2.75, 3.05) is 0 Å². The van der Waals surface area contributed by atoms with Gasteiger partial charge in [0.1, 0.15) is 17.4 Å². The molecule has 18 heavy (non-hydrogen) atoms. The summed E-state index contributed by atoms with van der Waals surface area (Å²) in [5, 5.41) is 19.6. The first-order chi connectivity index (χ1) is 8.61. The third kappa shape index (κ3) is 2.36. The maximum absolute atomic E-state index is 10.7. The minimum Gasteiger partial charge on any atom is -0.468 e. The van der Waals surface area contributed by atoms with Gasteiger partial charge in [0.05, 0.1) is 16.1 Å². The van der Waals surface area contributed by atoms with E-state index < -0.39 is 4.92 Å². The van der Waals surface area contributed by atoms with Crippen LogP contribution in [0, 0.1) is 28.4 Å². The second kappa shape index (κ2) is 4.94. The normalized spacial score (nSPS) is 10.0. The number of rotatable bonds is 3. The van der Waals surface area contributed by atoms with E-state index in [2.05, 4.69) is 0 Å². The molecule has 0 saturated carbocycles. The lowest BCUT2D eigenvalue weighted by molar-refractivity contribution is -0.385. The number of furan rings is 1. The summed E-state index contributed by atoms with van der Waals surface area (Å²) in [7, 11) is 0. The molecule has 0 aliphatic carbocycles. The number of aryl methyl sites for hydroxylation is 1. The van der Waals surface area contributed by atoms with E-state index in [1.54, 1.807) is 12.3 Å². The lowest BCUT2D eigenvalue weighted by atomic mass is 10.2. The summed E-state index contributed by atoms with van der Waals surface area (Å²) in [6.45, 7) is 1.83. The molecule has 1 aromatic carbocycles. The second-order valence-electron chi connectivity index (χ2n) is 3.49. The third-order valence-electron chi connectivity index (χ3n) is 2.32. The van der Waals surface area contributed by atoms with E-state index in [1.165, 1.54) is 23.9 Å². The molecule has 0 aliphatic rings. The maximum atomic E-state index is 10.7. The zero-order valence-corrected chi connectivity index (χ0v) is 10.2. The first kappa shape index (κ1) is 12.2. The van der Waals surface area contributed by atoms with Gasteiger partial charge in [-0.05, 0) is 25.1 Å². The summed E-state index contributed by atoms with van der Waals surface area (Å²) in [6.07, 6.45) is 1.58. The Morgan fingerprint density at radius 3 is 2.78 bits per heavy atom. The molecule has 6 heteroatoms. The predicted octanol–water partition coefficient (Wildman–Crippen LogP) is 3.52. The molecule has 90 valence electrons. The van der Waals surface area contributed by atoms with E-state index in [0.717, 1.165) is 15.6 Å². The average Bonchev–Trinajstić information content (AvgIpc) is 2.74. The van der Waals surface area contributed by atoms with E-state index in [-0.39, 0.29) is 11.3 Å². The summed E-state index contributed by atoms with van der Waals surface area (Å²) >= 11 is 1.40. The highest BCUT2D eigenvalue weighted by molar-refractivity contribution is 7.99. The summed E-state index contributed by atoms with van der Waals surface area (Å²) in [5.41, 5.74) is -0.114. The van der Waals surface area contributed by atoms with Crippen LogP contribution in [-0.2, 0) is 0 Å². The maximum Gasteiger partial charge on any atom is 0.287 e. The van der Waals surface area contributed by atoms with Crippen LogP contribution >= 0.6 is 11.8 Å². The Kier molecular flexibility index (Phi) is 3.35. The minimum atomic E-state index is -0.559. The van der Waals surface area contributed by atoms with Gasteiger partial charge >= 0.3 is 0 Å². The second-order valence-corrected chi connectivity index (χ2v) is 4.61. The molecule has 0 N–H and O–H groups in total. The van der Waals surface area contributed by atoms with Crippen molar-refractivity contribution in [3.63, 3.8) is 0 Å². The van der Waals surface area contributed by atoms with Crippen LogP contribution in [-0.4, -0.2) is 4.92 Å². The zero-order chi connectivity index (χ0) is 13.1. The topological polar surface area (TPSA) is 80.1 Å². The van der Waals surface area contributed by atoms with Gasteiger partial charge in [0, 0.05) is 11.0 Å². The van der Waals surface area contributed by atoms with Crippen LogP contribution in [0.2, 0.25) is 0 Å². The molecule has 0 bridgehead atoms. The van der Waals surface area contributed by atoms with Gasteiger partial charge in [0.2, 0.25) is 0 Å². The molecule has 0 radical (unpaired) electrons. The van der Waals surface area contributed by atoms with Gasteiger partial charge in [-0.3, -0.25) is 10.1 Å². The van der Waals surface area contributed by atoms with Crippen LogP contribution in [0.4, 0.5) is 5.69 Å². The number of hydrogen-bond donors (Lipinski definition) is 0. The van der Waals surface area contributed by atoms with Crippen LogP contribution in [0.3, 0.4) is 0 Å². The molecular formula is C12H8N2O3S. The molecule has 2 aromatic rings. The van der Waals surface area contributed by atoms with Crippen molar-refractivity contribution < 1.29 is 9.34 Å². The van der Waals surface area contributed by atoms with Gasteiger partial charge in [-0.15, -0.1) is 0 Å². The standard InChI is InChI=1S/C12H8N2O3S/c1-8-12(4-5-17-8)18-10-2-3-11(14(15)16)9(6-10)7-13/h2-6H,1H3. The molecule has 0 unspecified atom stereocenters. The van der Waals surface area contributed by atoms with Crippen LogP contribution in [0.25, 0.3) is 0 Å². The lowest BCUT2D eigenvalue weighted by Crippen LogP contribution is -1.92. The fourth-order valence-electron chi connectivity index (χ4n) is 1.43. The van der Waals surface area contributed by atoms with E-state index in [1.807, 2.05) is 19.1 Å². The largest absolute Gasteiger partial charge is 0.468 e. The van der Waals surface area contributed by atoms with E-state index in [9.17, 15) is 10.1 Å². The van der Waals surface area contributed by atoms with Crippen LogP contribution in [0.1, 0.15) is 11.3 Å². The number of nitriles is 1. The Morgan fingerprint density at radius 2 is 2.22 bits per heavy atom. The van der Waals surface area contributed by atoms with E-state index in [4.69, 9.17) is 9.68 Å². The Bertz CT molecular complexity index is 643. The first-order valence-corrected chi connectivity index (χ1v) is 5.84. The molecule has 1 heterocycles. The number of nitro groups is 1. The van der Waals surface area contributed by atoms with E-state index >= 15 is 0 Å². The number of benzene rings is 1. The molecular weight excluding hydrogens is 252 g/mol. The summed E-state index contributed by atoms with van der Waals surface area (Å²) in [6, 6.07) is 8.12. The number of hydrogen-bond acceptors (Lipinski definition) is 5. The molecule has 1 aromatic heterocycles. The molecule has 2 rings (SSSR count). The molecule has 0 atom stereocenters. The monoisotopic (exact) mass is 260 g/mol. The quantitative estimate of drug-likeness (QED) is 0.623. The first-order valence-electron chi connectivity index (χ1n) is 5.02. The van der Waals surface area contributed by atoms with Crippen molar-refractivity contribution in [2.24, 2.45) is 0 Å². The summed E-state index contributed by atoms with van der Waals surface area (Å²) < 4.78 is 5.16. The molecule has 0 saturated heterocycles. The van der Waals surface area contributed by atoms with Crippen molar-refractivity contribution >= 4 is 17.4 Å². The van der Waals surface area contributed by atoms with Gasteiger partial charge in [-0.1, -0.05) is 11.8 Å². The Hall–Kier alpha value is -2.26. The number of nitro benzene ring substituents is 1. The SMILES string of the molecule is Cc1occc1Sc1ccc([N+](=O)[O-])c(C#N)c1. The Balaban J connectivity index is 2.34. The average molecular weight is 260 g/mol. The minimum absolute atomic E-state index is 0.0612. The Labute approximate surface area is 107 Å². The predicted molar refractivity (Wildman–Crippen MR) is 65.4 cm³/mol. The van der Waals surface area contributed by atoms with Crippen molar-refractivity contribution in [3.05, 3.63) is 52.0 Å². The fourth-order valence-corrected chi connectivity index (χ4v) is 2.32. The third-order valence-corrected chi connectivity index (χ3v) is 3.46. The smallest absolute Gasteiger partial charge is 0.287 e. The summed E-state index contributed by atoms with van der Waals surface area (Å²) in [5.74, 6) is 0.775. The van der Waals surface area contributed by atoms with Gasteiger partial charge in [-0.2, -0.15) is 5.26 Å². The zero-order valence-electron chi connectivity index (χ0n) is 9.41. The molecule has 0 spiro atoms. The van der Waals surface area contributed by atoms with Crippen molar-refractivity contribution in [1.82, 2.24) is 0 Å². The van der Waals surface area contributed by atoms with Crippen LogP contribution in [0.5, 0.6) is 0 Å². The highest BCUT2D eigenvalue weighted by Crippen LogP contribution is 2.33. The fraction of sp³-hybridized carbons (Fsp3) is 0.0833.